The third-order valence-corrected chi connectivity index (χ3v) is 2.79. The normalized spacial score (nSPS) is 10.1. The molecule has 0 aliphatic carbocycles. The molecule has 2 aromatic carbocycles. The maximum atomic E-state index is 11.7. The second kappa shape index (κ2) is 6.30. The van der Waals surface area contributed by atoms with Crippen LogP contribution < -0.4 is 10.1 Å². The van der Waals surface area contributed by atoms with Gasteiger partial charge in [-0.3, -0.25) is 4.79 Å². The summed E-state index contributed by atoms with van der Waals surface area (Å²) in [5, 5.41) is 12.7. The number of hydrogen-bond donors (Lipinski definition) is 2. The molecule has 2 N–H and O–H groups in total. The van der Waals surface area contributed by atoms with E-state index in [9.17, 15) is 9.90 Å². The molecule has 1 amide bonds. The Hall–Kier alpha value is -2.20. The largest absolute Gasteiger partial charge is 0.508 e. The van der Waals surface area contributed by atoms with Crippen LogP contribution in [-0.2, 0) is 4.79 Å². The lowest BCUT2D eigenvalue weighted by Crippen LogP contribution is -2.20. The zero-order valence-electron chi connectivity index (χ0n) is 10.9. The lowest BCUT2D eigenvalue weighted by molar-refractivity contribution is -0.118. The van der Waals surface area contributed by atoms with Crippen molar-refractivity contribution in [3.63, 3.8) is 0 Å². The number of nitrogens with one attached hydrogen (secondary N) is 1. The Morgan fingerprint density at radius 1 is 1.25 bits per heavy atom. The van der Waals surface area contributed by atoms with Crippen molar-refractivity contribution < 1.29 is 14.6 Å². The van der Waals surface area contributed by atoms with E-state index in [1.54, 1.807) is 36.4 Å². The molecule has 20 heavy (non-hydrogen) atoms. The summed E-state index contributed by atoms with van der Waals surface area (Å²) < 4.78 is 5.33. The monoisotopic (exact) mass is 291 g/mol. The van der Waals surface area contributed by atoms with E-state index in [2.05, 4.69) is 5.32 Å². The quantitative estimate of drug-likeness (QED) is 0.908. The predicted octanol–water partition coefficient (Wildman–Crippen LogP) is 3.37. The lowest BCUT2D eigenvalue weighted by atomic mass is 10.2. The second-order valence-corrected chi connectivity index (χ2v) is 4.78. The number of carbonyl (C=O) groups excluding carboxylic acids is 1. The minimum atomic E-state index is -0.284. The number of phenolic OH excluding ortho intramolecular Hbond substituents is 1. The predicted molar refractivity (Wildman–Crippen MR) is 78.4 cm³/mol. The van der Waals surface area contributed by atoms with Gasteiger partial charge in [0.05, 0.1) is 0 Å². The highest BCUT2D eigenvalue weighted by molar-refractivity contribution is 6.30. The zero-order valence-corrected chi connectivity index (χ0v) is 11.6. The first-order chi connectivity index (χ1) is 9.52. The molecule has 0 saturated carbocycles. The van der Waals surface area contributed by atoms with Gasteiger partial charge in [0, 0.05) is 16.8 Å². The maximum absolute atomic E-state index is 11.7. The van der Waals surface area contributed by atoms with Gasteiger partial charge in [-0.15, -0.1) is 0 Å². The van der Waals surface area contributed by atoms with Gasteiger partial charge in [-0.25, -0.2) is 0 Å². The summed E-state index contributed by atoms with van der Waals surface area (Å²) in [6.45, 7) is 1.70. The van der Waals surface area contributed by atoms with Crippen LogP contribution >= 0.6 is 11.6 Å². The number of carbonyl (C=O) groups is 1. The van der Waals surface area contributed by atoms with Gasteiger partial charge in [-0.1, -0.05) is 11.6 Å². The number of phenols is 1. The summed E-state index contributed by atoms with van der Waals surface area (Å²) in [6.07, 6.45) is 0. The van der Waals surface area contributed by atoms with E-state index >= 15 is 0 Å². The number of aryl methyl sites for hydroxylation is 1. The average molecular weight is 292 g/mol. The summed E-state index contributed by atoms with van der Waals surface area (Å²) in [7, 11) is 0. The fourth-order valence-corrected chi connectivity index (χ4v) is 1.82. The van der Waals surface area contributed by atoms with Crippen LogP contribution in [0.15, 0.2) is 42.5 Å². The molecule has 5 heteroatoms. The second-order valence-electron chi connectivity index (χ2n) is 4.35. The highest BCUT2D eigenvalue weighted by Crippen LogP contribution is 2.21. The highest BCUT2D eigenvalue weighted by Gasteiger charge is 2.05. The van der Waals surface area contributed by atoms with Gasteiger partial charge >= 0.3 is 0 Å². The Morgan fingerprint density at radius 2 is 1.95 bits per heavy atom. The van der Waals surface area contributed by atoms with Crippen LogP contribution in [0.1, 0.15) is 5.56 Å². The number of halogens is 1. The Morgan fingerprint density at radius 3 is 2.60 bits per heavy atom. The molecule has 104 valence electrons. The van der Waals surface area contributed by atoms with Crippen LogP contribution in [-0.4, -0.2) is 17.6 Å². The summed E-state index contributed by atoms with van der Waals surface area (Å²) >= 11 is 5.76. The Bertz CT molecular complexity index is 591. The van der Waals surface area contributed by atoms with E-state index in [4.69, 9.17) is 16.3 Å². The molecule has 0 atom stereocenters. The molecule has 0 heterocycles. The molecule has 0 spiro atoms. The van der Waals surface area contributed by atoms with E-state index in [-0.39, 0.29) is 18.3 Å². The van der Waals surface area contributed by atoms with Crippen LogP contribution in [0.4, 0.5) is 5.69 Å². The van der Waals surface area contributed by atoms with E-state index < -0.39 is 0 Å². The van der Waals surface area contributed by atoms with Gasteiger partial charge in [-0.05, 0) is 48.9 Å². The van der Waals surface area contributed by atoms with Crippen LogP contribution in [0, 0.1) is 6.92 Å². The van der Waals surface area contributed by atoms with Crippen LogP contribution in [0.3, 0.4) is 0 Å². The highest BCUT2D eigenvalue weighted by atomic mass is 35.5. The number of hydrogen-bond acceptors (Lipinski definition) is 3. The van der Waals surface area contributed by atoms with Gasteiger partial charge < -0.3 is 15.2 Å². The first-order valence-electron chi connectivity index (χ1n) is 6.02. The number of aromatic hydroxyl groups is 1. The fourth-order valence-electron chi connectivity index (χ4n) is 1.69. The Kier molecular flexibility index (Phi) is 4.48. The molecule has 0 unspecified atom stereocenters. The van der Waals surface area contributed by atoms with Crippen LogP contribution in [0.2, 0.25) is 5.02 Å². The molecular formula is C15H14ClNO3. The Labute approximate surface area is 122 Å². The lowest BCUT2D eigenvalue weighted by Gasteiger charge is -2.08. The SMILES string of the molecule is Cc1cc(O)cc(OCC(=O)Nc2ccc(Cl)cc2)c1. The standard InChI is InChI=1S/C15H14ClNO3/c1-10-6-13(18)8-14(7-10)20-9-15(19)17-12-4-2-11(16)3-5-12/h2-8,18H,9H2,1H3,(H,17,19). The molecule has 0 bridgehead atoms. The van der Waals surface area contributed by atoms with Crippen LogP contribution in [0.5, 0.6) is 11.5 Å². The molecule has 0 radical (unpaired) electrons. The average Bonchev–Trinajstić information content (AvgIpc) is 2.38. The van der Waals surface area contributed by atoms with Crippen molar-refractivity contribution in [3.05, 3.63) is 53.1 Å². The topological polar surface area (TPSA) is 58.6 Å². The van der Waals surface area contributed by atoms with Crippen molar-refractivity contribution in [1.82, 2.24) is 0 Å². The van der Waals surface area contributed by atoms with E-state index in [0.29, 0.717) is 16.5 Å². The van der Waals surface area contributed by atoms with Gasteiger partial charge in [0.2, 0.25) is 0 Å². The zero-order chi connectivity index (χ0) is 14.5. The number of amides is 1. The number of anilines is 1. The Balaban J connectivity index is 1.90. The van der Waals surface area contributed by atoms with Crippen molar-refractivity contribution in [3.8, 4) is 11.5 Å². The van der Waals surface area contributed by atoms with Gasteiger partial charge in [-0.2, -0.15) is 0 Å². The third-order valence-electron chi connectivity index (χ3n) is 2.53. The first kappa shape index (κ1) is 14.2. The van der Waals surface area contributed by atoms with E-state index in [0.717, 1.165) is 5.56 Å². The molecule has 2 aromatic rings. The van der Waals surface area contributed by atoms with Gasteiger partial charge in [0.1, 0.15) is 11.5 Å². The van der Waals surface area contributed by atoms with Crippen molar-refractivity contribution in [2.24, 2.45) is 0 Å². The number of ether oxygens (including phenoxy) is 1. The molecule has 4 nitrogen and oxygen atoms in total. The van der Waals surface area contributed by atoms with E-state index in [1.807, 2.05) is 6.92 Å². The van der Waals surface area contributed by atoms with Gasteiger partial charge in [0.25, 0.3) is 5.91 Å². The van der Waals surface area contributed by atoms with Crippen molar-refractivity contribution in [2.45, 2.75) is 6.92 Å². The minimum Gasteiger partial charge on any atom is -0.508 e. The molecule has 0 aliphatic rings. The van der Waals surface area contributed by atoms with Gasteiger partial charge in [0.15, 0.2) is 6.61 Å². The molecule has 0 saturated heterocycles. The summed E-state index contributed by atoms with van der Waals surface area (Å²) in [5.41, 5.74) is 1.51. The summed E-state index contributed by atoms with van der Waals surface area (Å²) in [4.78, 5) is 11.7. The van der Waals surface area contributed by atoms with E-state index in [1.165, 1.54) is 6.07 Å². The number of benzene rings is 2. The van der Waals surface area contributed by atoms with Crippen molar-refractivity contribution in [1.29, 1.82) is 0 Å². The summed E-state index contributed by atoms with van der Waals surface area (Å²) in [5.74, 6) is 0.278. The molecule has 0 aliphatic heterocycles. The van der Waals surface area contributed by atoms with Crippen LogP contribution in [0.25, 0.3) is 0 Å². The summed E-state index contributed by atoms with van der Waals surface area (Å²) in [6, 6.07) is 11.6. The minimum absolute atomic E-state index is 0.109. The molecular weight excluding hydrogens is 278 g/mol. The molecule has 2 rings (SSSR count). The van der Waals surface area contributed by atoms with Crippen molar-refractivity contribution in [2.75, 3.05) is 11.9 Å². The number of rotatable bonds is 4. The first-order valence-corrected chi connectivity index (χ1v) is 6.39. The smallest absolute Gasteiger partial charge is 0.262 e. The van der Waals surface area contributed by atoms with Crippen molar-refractivity contribution >= 4 is 23.2 Å². The molecule has 0 fully saturated rings. The third kappa shape index (κ3) is 4.17. The fraction of sp³-hybridized carbons (Fsp3) is 0.133. The molecule has 0 aromatic heterocycles. The maximum Gasteiger partial charge on any atom is 0.262 e.